The zero-order valence-corrected chi connectivity index (χ0v) is 10.4. The van der Waals surface area contributed by atoms with Gasteiger partial charge in [0.1, 0.15) is 11.5 Å². The van der Waals surface area contributed by atoms with Crippen LogP contribution in [-0.2, 0) is 9.84 Å². The van der Waals surface area contributed by atoms with Crippen LogP contribution < -0.4 is 4.74 Å². The minimum atomic E-state index is -3.06. The number of ether oxygens (including phenoxy) is 1. The monoisotopic (exact) mass is 250 g/mol. The quantitative estimate of drug-likeness (QED) is 0.828. The molecular weight excluding hydrogens is 236 g/mol. The predicted octanol–water partition coefficient (Wildman–Crippen LogP) is 2.67. The highest BCUT2D eigenvalue weighted by Gasteiger charge is 2.15. The van der Waals surface area contributed by atoms with Gasteiger partial charge in [0.05, 0.1) is 0 Å². The molecule has 0 aromatic heterocycles. The largest absolute Gasteiger partial charge is 0.462 e. The molecule has 1 aliphatic rings. The Morgan fingerprint density at radius 3 is 2.29 bits per heavy atom. The first-order chi connectivity index (χ1) is 8.05. The van der Waals surface area contributed by atoms with E-state index in [4.69, 9.17) is 4.74 Å². The smallest absolute Gasteiger partial charge is 0.171 e. The van der Waals surface area contributed by atoms with E-state index >= 15 is 0 Å². The third-order valence-corrected chi connectivity index (χ3v) is 3.83. The third-order valence-electron chi connectivity index (χ3n) is 2.54. The summed E-state index contributed by atoms with van der Waals surface area (Å²) in [5.41, 5.74) is 0. The highest BCUT2D eigenvalue weighted by molar-refractivity contribution is 7.94. The Labute approximate surface area is 101 Å². The fraction of sp³-hybridized carbons (Fsp3) is 0.231. The van der Waals surface area contributed by atoms with E-state index in [9.17, 15) is 8.42 Å². The second-order valence-electron chi connectivity index (χ2n) is 3.95. The lowest BCUT2D eigenvalue weighted by atomic mass is 10.1. The number of para-hydroxylation sites is 1. The van der Waals surface area contributed by atoms with Crippen molar-refractivity contribution in [2.24, 2.45) is 0 Å². The van der Waals surface area contributed by atoms with Crippen LogP contribution in [0.1, 0.15) is 12.8 Å². The second-order valence-corrected chi connectivity index (χ2v) is 6.02. The molecule has 4 heteroatoms. The van der Waals surface area contributed by atoms with Crippen LogP contribution in [0.25, 0.3) is 0 Å². The van der Waals surface area contributed by atoms with Crippen molar-refractivity contribution in [3.8, 4) is 5.75 Å². The number of benzene rings is 1. The molecule has 0 aliphatic heterocycles. The fourth-order valence-electron chi connectivity index (χ4n) is 1.63. The van der Waals surface area contributed by atoms with Crippen LogP contribution in [0.4, 0.5) is 0 Å². The van der Waals surface area contributed by atoms with Crippen molar-refractivity contribution in [1.82, 2.24) is 0 Å². The first-order valence-electron chi connectivity index (χ1n) is 5.38. The van der Waals surface area contributed by atoms with Crippen LogP contribution in [0.15, 0.2) is 53.1 Å². The van der Waals surface area contributed by atoms with Crippen molar-refractivity contribution in [1.29, 1.82) is 0 Å². The molecule has 0 fully saturated rings. The molecule has 0 N–H and O–H groups in total. The Kier molecular flexibility index (Phi) is 3.33. The topological polar surface area (TPSA) is 43.4 Å². The summed E-state index contributed by atoms with van der Waals surface area (Å²) >= 11 is 0. The maximum absolute atomic E-state index is 11.3. The Morgan fingerprint density at radius 1 is 1.06 bits per heavy atom. The zero-order chi connectivity index (χ0) is 12.3. The lowest BCUT2D eigenvalue weighted by Crippen LogP contribution is -2.06. The van der Waals surface area contributed by atoms with E-state index in [0.717, 1.165) is 11.5 Å². The van der Waals surface area contributed by atoms with Crippen LogP contribution in [0.3, 0.4) is 0 Å². The van der Waals surface area contributed by atoms with Crippen LogP contribution >= 0.6 is 0 Å². The van der Waals surface area contributed by atoms with Crippen molar-refractivity contribution >= 4 is 9.84 Å². The van der Waals surface area contributed by atoms with Gasteiger partial charge in [-0.05, 0) is 30.7 Å². The van der Waals surface area contributed by atoms with Crippen molar-refractivity contribution in [3.05, 3.63) is 53.1 Å². The molecule has 17 heavy (non-hydrogen) atoms. The summed E-state index contributed by atoms with van der Waals surface area (Å²) in [5.74, 6) is 1.57. The second kappa shape index (κ2) is 4.75. The summed E-state index contributed by atoms with van der Waals surface area (Å²) < 4.78 is 28.3. The third kappa shape index (κ3) is 3.20. The summed E-state index contributed by atoms with van der Waals surface area (Å²) in [7, 11) is -3.06. The van der Waals surface area contributed by atoms with Crippen molar-refractivity contribution in [2.75, 3.05) is 6.26 Å². The minimum Gasteiger partial charge on any atom is -0.462 e. The van der Waals surface area contributed by atoms with Crippen LogP contribution in [-0.4, -0.2) is 14.7 Å². The Bertz CT molecular complexity index is 554. The number of sulfone groups is 1. The van der Waals surface area contributed by atoms with Gasteiger partial charge < -0.3 is 4.74 Å². The van der Waals surface area contributed by atoms with Gasteiger partial charge in [-0.15, -0.1) is 0 Å². The molecule has 0 bridgehead atoms. The summed E-state index contributed by atoms with van der Waals surface area (Å²) in [4.78, 5) is 0.470. The first-order valence-corrected chi connectivity index (χ1v) is 7.27. The van der Waals surface area contributed by atoms with Gasteiger partial charge in [0.2, 0.25) is 0 Å². The Morgan fingerprint density at radius 2 is 1.76 bits per heavy atom. The molecule has 3 nitrogen and oxygen atoms in total. The maximum Gasteiger partial charge on any atom is 0.171 e. The van der Waals surface area contributed by atoms with Gasteiger partial charge in [0.25, 0.3) is 0 Å². The summed E-state index contributed by atoms with van der Waals surface area (Å²) in [6, 6.07) is 9.46. The van der Waals surface area contributed by atoms with E-state index in [0.29, 0.717) is 17.7 Å². The average Bonchev–Trinajstić information content (AvgIpc) is 2.30. The van der Waals surface area contributed by atoms with Gasteiger partial charge >= 0.3 is 0 Å². The van der Waals surface area contributed by atoms with Crippen molar-refractivity contribution in [3.63, 3.8) is 0 Å². The highest BCUT2D eigenvalue weighted by Crippen LogP contribution is 2.24. The van der Waals surface area contributed by atoms with E-state index < -0.39 is 9.84 Å². The van der Waals surface area contributed by atoms with Crippen molar-refractivity contribution in [2.45, 2.75) is 12.8 Å². The molecule has 0 unspecified atom stereocenters. The average molecular weight is 250 g/mol. The van der Waals surface area contributed by atoms with Crippen LogP contribution in [0.2, 0.25) is 0 Å². The molecule has 90 valence electrons. The van der Waals surface area contributed by atoms with E-state index in [-0.39, 0.29) is 0 Å². The van der Waals surface area contributed by atoms with E-state index in [1.54, 1.807) is 12.2 Å². The summed E-state index contributed by atoms with van der Waals surface area (Å²) in [6.45, 7) is 0. The highest BCUT2D eigenvalue weighted by atomic mass is 32.2. The molecular formula is C13H14O3S. The molecule has 1 aliphatic carbocycles. The SMILES string of the molecule is CS(=O)(=O)C1=CC=C(Oc2ccccc2)CC1. The Balaban J connectivity index is 2.12. The molecule has 0 atom stereocenters. The molecule has 0 saturated heterocycles. The summed E-state index contributed by atoms with van der Waals surface area (Å²) in [6.07, 6.45) is 5.71. The normalized spacial score (nSPS) is 16.1. The molecule has 0 amide bonds. The number of hydrogen-bond acceptors (Lipinski definition) is 3. The number of allylic oxidation sites excluding steroid dienone is 4. The van der Waals surface area contributed by atoms with Gasteiger partial charge in [0.15, 0.2) is 9.84 Å². The predicted molar refractivity (Wildman–Crippen MR) is 67.3 cm³/mol. The van der Waals surface area contributed by atoms with Crippen molar-refractivity contribution < 1.29 is 13.2 Å². The first kappa shape index (κ1) is 11.9. The molecule has 0 heterocycles. The van der Waals surface area contributed by atoms with Gasteiger partial charge in [-0.3, -0.25) is 0 Å². The van der Waals surface area contributed by atoms with Gasteiger partial charge in [-0.1, -0.05) is 18.2 Å². The minimum absolute atomic E-state index is 0.470. The van der Waals surface area contributed by atoms with Crippen LogP contribution in [0.5, 0.6) is 5.75 Å². The molecule has 1 aromatic rings. The Hall–Kier alpha value is -1.55. The standard InChI is InChI=1S/C13H14O3S/c1-17(14,15)13-9-7-12(8-10-13)16-11-5-3-2-4-6-11/h2-7,9H,8,10H2,1H3. The molecule has 0 spiro atoms. The van der Waals surface area contributed by atoms with Gasteiger partial charge in [-0.2, -0.15) is 0 Å². The number of rotatable bonds is 3. The van der Waals surface area contributed by atoms with Gasteiger partial charge in [-0.25, -0.2) is 8.42 Å². The zero-order valence-electron chi connectivity index (χ0n) is 9.59. The van der Waals surface area contributed by atoms with E-state index in [1.807, 2.05) is 30.3 Å². The molecule has 2 rings (SSSR count). The van der Waals surface area contributed by atoms with Gasteiger partial charge in [0, 0.05) is 17.6 Å². The molecule has 1 aromatic carbocycles. The molecule has 0 radical (unpaired) electrons. The fourth-order valence-corrected chi connectivity index (χ4v) is 2.42. The van der Waals surface area contributed by atoms with Crippen LogP contribution in [0, 0.1) is 0 Å². The maximum atomic E-state index is 11.3. The molecule has 0 saturated carbocycles. The summed E-state index contributed by atoms with van der Waals surface area (Å²) in [5, 5.41) is 0. The van der Waals surface area contributed by atoms with E-state index in [1.165, 1.54) is 6.26 Å². The lowest BCUT2D eigenvalue weighted by molar-refractivity contribution is 0.402. The van der Waals surface area contributed by atoms with E-state index in [2.05, 4.69) is 0 Å². The lowest BCUT2D eigenvalue weighted by Gasteiger charge is -2.14. The number of hydrogen-bond donors (Lipinski definition) is 0.